The Kier molecular flexibility index (Phi) is 7.03. The zero-order valence-electron chi connectivity index (χ0n) is 19.1. The SMILES string of the molecule is CC(CO)(NC(=O)c1ccc(-c2ccncc2)cc1F)c1cccc(C(=O)NC2CCCC2)c1. The first-order chi connectivity index (χ1) is 16.4. The van der Waals surface area contributed by atoms with Crippen LogP contribution in [-0.4, -0.2) is 34.6 Å². The smallest absolute Gasteiger partial charge is 0.255 e. The van der Waals surface area contributed by atoms with E-state index in [0.717, 1.165) is 31.2 Å². The summed E-state index contributed by atoms with van der Waals surface area (Å²) < 4.78 is 14.8. The van der Waals surface area contributed by atoms with Crippen molar-refractivity contribution in [3.8, 4) is 11.1 Å². The monoisotopic (exact) mass is 461 g/mol. The van der Waals surface area contributed by atoms with Gasteiger partial charge in [0.1, 0.15) is 5.82 Å². The third-order valence-electron chi connectivity index (χ3n) is 6.39. The molecule has 0 bridgehead atoms. The number of pyridine rings is 1. The predicted molar refractivity (Wildman–Crippen MR) is 128 cm³/mol. The maximum atomic E-state index is 14.8. The zero-order chi connectivity index (χ0) is 24.1. The van der Waals surface area contributed by atoms with E-state index in [1.165, 1.54) is 12.1 Å². The van der Waals surface area contributed by atoms with Gasteiger partial charge in [-0.2, -0.15) is 0 Å². The van der Waals surface area contributed by atoms with Gasteiger partial charge in [0.2, 0.25) is 0 Å². The van der Waals surface area contributed by atoms with Gasteiger partial charge in [0.25, 0.3) is 11.8 Å². The lowest BCUT2D eigenvalue weighted by Crippen LogP contribution is -2.46. The topological polar surface area (TPSA) is 91.3 Å². The van der Waals surface area contributed by atoms with E-state index >= 15 is 0 Å². The van der Waals surface area contributed by atoms with E-state index < -0.39 is 23.9 Å². The second kappa shape index (κ2) is 10.1. The Morgan fingerprint density at radius 3 is 2.44 bits per heavy atom. The number of rotatable bonds is 7. The van der Waals surface area contributed by atoms with Crippen LogP contribution in [0.5, 0.6) is 0 Å². The number of carbonyl (C=O) groups excluding carboxylic acids is 2. The number of carbonyl (C=O) groups is 2. The van der Waals surface area contributed by atoms with E-state index in [1.807, 2.05) is 0 Å². The highest BCUT2D eigenvalue weighted by Gasteiger charge is 2.30. The van der Waals surface area contributed by atoms with Crippen LogP contribution in [0.4, 0.5) is 4.39 Å². The van der Waals surface area contributed by atoms with Crippen LogP contribution >= 0.6 is 0 Å². The average molecular weight is 462 g/mol. The molecule has 34 heavy (non-hydrogen) atoms. The molecule has 0 aliphatic heterocycles. The molecule has 0 saturated heterocycles. The van der Waals surface area contributed by atoms with Gasteiger partial charge < -0.3 is 15.7 Å². The standard InChI is InChI=1S/C27H28FN3O3/c1-27(17-32,21-6-4-5-20(15-21)25(33)30-22-7-2-3-8-22)31-26(34)23-10-9-19(16-24(23)28)18-11-13-29-14-12-18/h4-6,9-16,22,32H,2-3,7-8,17H2,1H3,(H,30,33)(H,31,34). The van der Waals surface area contributed by atoms with Crippen LogP contribution in [0.1, 0.15) is 58.9 Å². The molecule has 1 heterocycles. The number of amides is 2. The highest BCUT2D eigenvalue weighted by Crippen LogP contribution is 2.25. The summed E-state index contributed by atoms with van der Waals surface area (Å²) in [5, 5.41) is 15.9. The molecule has 3 N–H and O–H groups in total. The highest BCUT2D eigenvalue weighted by molar-refractivity contribution is 5.96. The summed E-state index contributed by atoms with van der Waals surface area (Å²) in [4.78, 5) is 29.6. The summed E-state index contributed by atoms with van der Waals surface area (Å²) in [5.41, 5.74) is 1.07. The maximum absolute atomic E-state index is 14.8. The van der Waals surface area contributed by atoms with Crippen LogP contribution in [0.25, 0.3) is 11.1 Å². The van der Waals surface area contributed by atoms with Gasteiger partial charge in [-0.3, -0.25) is 14.6 Å². The number of aromatic nitrogens is 1. The lowest BCUT2D eigenvalue weighted by atomic mass is 9.90. The fourth-order valence-corrected chi connectivity index (χ4v) is 4.29. The van der Waals surface area contributed by atoms with E-state index in [-0.39, 0.29) is 17.5 Å². The molecule has 0 spiro atoms. The van der Waals surface area contributed by atoms with Gasteiger partial charge in [-0.15, -0.1) is 0 Å². The van der Waals surface area contributed by atoms with Gasteiger partial charge in [-0.1, -0.05) is 31.0 Å². The van der Waals surface area contributed by atoms with Crippen LogP contribution in [-0.2, 0) is 5.54 Å². The van der Waals surface area contributed by atoms with Crippen molar-refractivity contribution in [2.45, 2.75) is 44.2 Å². The minimum Gasteiger partial charge on any atom is -0.394 e. The molecule has 4 rings (SSSR count). The van der Waals surface area contributed by atoms with Crippen LogP contribution in [0, 0.1) is 5.82 Å². The Hall–Kier alpha value is -3.58. The molecular formula is C27H28FN3O3. The first-order valence-corrected chi connectivity index (χ1v) is 11.4. The molecule has 6 nitrogen and oxygen atoms in total. The number of hydrogen-bond acceptors (Lipinski definition) is 4. The van der Waals surface area contributed by atoms with Crippen molar-refractivity contribution in [2.24, 2.45) is 0 Å². The summed E-state index contributed by atoms with van der Waals surface area (Å²) >= 11 is 0. The van der Waals surface area contributed by atoms with Crippen molar-refractivity contribution in [2.75, 3.05) is 6.61 Å². The van der Waals surface area contributed by atoms with Crippen molar-refractivity contribution in [1.82, 2.24) is 15.6 Å². The number of aliphatic hydroxyl groups excluding tert-OH is 1. The first kappa shape index (κ1) is 23.6. The Labute approximate surface area is 198 Å². The number of nitrogens with one attached hydrogen (secondary N) is 2. The van der Waals surface area contributed by atoms with Gasteiger partial charge in [0, 0.05) is 24.0 Å². The molecule has 1 aliphatic rings. The molecule has 176 valence electrons. The third-order valence-corrected chi connectivity index (χ3v) is 6.39. The fraction of sp³-hybridized carbons (Fsp3) is 0.296. The van der Waals surface area contributed by atoms with Gasteiger partial charge in [0.15, 0.2) is 0 Å². The lowest BCUT2D eigenvalue weighted by molar-refractivity contribution is 0.0845. The Bertz CT molecular complexity index is 1180. The highest BCUT2D eigenvalue weighted by atomic mass is 19.1. The van der Waals surface area contributed by atoms with Crippen LogP contribution < -0.4 is 10.6 Å². The molecule has 3 aromatic rings. The maximum Gasteiger partial charge on any atom is 0.255 e. The summed E-state index contributed by atoms with van der Waals surface area (Å²) in [6, 6.07) is 14.9. The van der Waals surface area contributed by atoms with Gasteiger partial charge in [-0.25, -0.2) is 4.39 Å². The Morgan fingerprint density at radius 2 is 1.76 bits per heavy atom. The number of halogens is 1. The molecule has 1 unspecified atom stereocenters. The number of aliphatic hydroxyl groups is 1. The molecule has 2 amide bonds. The van der Waals surface area contributed by atoms with Crippen molar-refractivity contribution < 1.29 is 19.1 Å². The van der Waals surface area contributed by atoms with Crippen molar-refractivity contribution >= 4 is 11.8 Å². The van der Waals surface area contributed by atoms with Gasteiger partial charge in [-0.05, 0) is 72.9 Å². The van der Waals surface area contributed by atoms with Crippen molar-refractivity contribution in [3.63, 3.8) is 0 Å². The van der Waals surface area contributed by atoms with Crippen molar-refractivity contribution in [3.05, 3.63) is 89.5 Å². The molecule has 1 saturated carbocycles. The number of nitrogens with zero attached hydrogens (tertiary/aromatic N) is 1. The van der Waals surface area contributed by atoms with E-state index in [2.05, 4.69) is 15.6 Å². The third kappa shape index (κ3) is 5.15. The molecule has 1 aliphatic carbocycles. The molecule has 2 aromatic carbocycles. The molecule has 1 fully saturated rings. The minimum atomic E-state index is -1.21. The van der Waals surface area contributed by atoms with Crippen LogP contribution in [0.2, 0.25) is 0 Å². The Balaban J connectivity index is 1.52. The van der Waals surface area contributed by atoms with Crippen LogP contribution in [0.15, 0.2) is 67.0 Å². The van der Waals surface area contributed by atoms with Crippen LogP contribution in [0.3, 0.4) is 0 Å². The van der Waals surface area contributed by atoms with E-state index in [9.17, 15) is 19.1 Å². The average Bonchev–Trinajstić information content (AvgIpc) is 3.37. The zero-order valence-corrected chi connectivity index (χ0v) is 19.1. The summed E-state index contributed by atoms with van der Waals surface area (Å²) in [5.74, 6) is -1.51. The fourth-order valence-electron chi connectivity index (χ4n) is 4.29. The molecule has 0 radical (unpaired) electrons. The Morgan fingerprint density at radius 1 is 1.03 bits per heavy atom. The normalized spacial score (nSPS) is 15.5. The van der Waals surface area contributed by atoms with Gasteiger partial charge >= 0.3 is 0 Å². The predicted octanol–water partition coefficient (Wildman–Crippen LogP) is 4.20. The van der Waals surface area contributed by atoms with E-state index in [1.54, 1.807) is 61.8 Å². The molecule has 7 heteroatoms. The first-order valence-electron chi connectivity index (χ1n) is 11.4. The minimum absolute atomic E-state index is 0.132. The quantitative estimate of drug-likeness (QED) is 0.492. The summed E-state index contributed by atoms with van der Waals surface area (Å²) in [6.07, 6.45) is 7.40. The van der Waals surface area contributed by atoms with E-state index in [4.69, 9.17) is 0 Å². The molecular weight excluding hydrogens is 433 g/mol. The lowest BCUT2D eigenvalue weighted by Gasteiger charge is -2.30. The second-order valence-electron chi connectivity index (χ2n) is 8.91. The van der Waals surface area contributed by atoms with Gasteiger partial charge in [0.05, 0.1) is 17.7 Å². The number of benzene rings is 2. The molecule has 1 atom stereocenters. The summed E-state index contributed by atoms with van der Waals surface area (Å²) in [6.45, 7) is 1.21. The second-order valence-corrected chi connectivity index (χ2v) is 8.91. The largest absolute Gasteiger partial charge is 0.394 e. The van der Waals surface area contributed by atoms with E-state index in [0.29, 0.717) is 16.7 Å². The number of hydrogen-bond donors (Lipinski definition) is 3. The van der Waals surface area contributed by atoms with Crippen molar-refractivity contribution in [1.29, 1.82) is 0 Å². The summed E-state index contributed by atoms with van der Waals surface area (Å²) in [7, 11) is 0. The molecule has 1 aromatic heterocycles.